The Morgan fingerprint density at radius 3 is 1.55 bits per heavy atom. The van der Waals surface area contributed by atoms with Crippen molar-refractivity contribution in [1.29, 1.82) is 0 Å². The molecule has 1 rings (SSSR count). The van der Waals surface area contributed by atoms with Gasteiger partial charge in [0, 0.05) is 6.16 Å². The van der Waals surface area contributed by atoms with E-state index in [1.165, 1.54) is 74.5 Å². The molecule has 1 aromatic rings. The molecule has 0 aliphatic heterocycles. The van der Waals surface area contributed by atoms with Gasteiger partial charge in [-0.3, -0.25) is 4.57 Å². The quantitative estimate of drug-likeness (QED) is 0.220. The van der Waals surface area contributed by atoms with Gasteiger partial charge in [0.25, 0.3) is 0 Å². The van der Waals surface area contributed by atoms with Crippen molar-refractivity contribution in [3.8, 4) is 0 Å². The van der Waals surface area contributed by atoms with Crippen LogP contribution in [0.4, 0.5) is 0 Å². The third-order valence-electron chi connectivity index (χ3n) is 6.18. The summed E-state index contributed by atoms with van der Waals surface area (Å²) in [4.78, 5) is 17.7. The van der Waals surface area contributed by atoms with Gasteiger partial charge in [-0.05, 0) is 46.8 Å². The second-order valence-electron chi connectivity index (χ2n) is 11.4. The van der Waals surface area contributed by atoms with E-state index in [0.717, 1.165) is 12.8 Å². The fourth-order valence-electron chi connectivity index (χ4n) is 4.18. The summed E-state index contributed by atoms with van der Waals surface area (Å²) in [5, 5.41) is 0. The van der Waals surface area contributed by atoms with E-state index in [2.05, 4.69) is 59.7 Å². The second kappa shape index (κ2) is 13.2. The first-order valence-corrected chi connectivity index (χ1v) is 14.3. The Balaban J connectivity index is 2.20. The number of benzene rings is 1. The number of hydrogen-bond acceptors (Lipinski definition) is 1. The van der Waals surface area contributed by atoms with E-state index in [0.29, 0.717) is 6.42 Å². The van der Waals surface area contributed by atoms with E-state index in [1.54, 1.807) is 0 Å². The van der Waals surface area contributed by atoms with E-state index in [9.17, 15) is 4.57 Å². The van der Waals surface area contributed by atoms with E-state index in [4.69, 9.17) is 9.79 Å². The number of rotatable bonds is 14. The Morgan fingerprint density at radius 2 is 1.13 bits per heavy atom. The smallest absolute Gasteiger partial charge is 0.324 e. The van der Waals surface area contributed by atoms with Crippen LogP contribution in [0.1, 0.15) is 129 Å². The van der Waals surface area contributed by atoms with Crippen molar-refractivity contribution in [1.82, 2.24) is 0 Å². The van der Waals surface area contributed by atoms with Crippen molar-refractivity contribution in [3.05, 3.63) is 34.9 Å². The standard InChI is InChI=1S/C27H49O3P/c1-26(2,3)24-20-19-23(25(22-24)27(4,5)6)18-16-14-12-10-8-7-9-11-13-15-17-21-31(28,29)30/h19-20,22H,7-18,21H2,1-6H3,(H2,28,29,30). The van der Waals surface area contributed by atoms with Gasteiger partial charge in [0.15, 0.2) is 0 Å². The van der Waals surface area contributed by atoms with Crippen LogP contribution in [0.15, 0.2) is 18.2 Å². The van der Waals surface area contributed by atoms with E-state index >= 15 is 0 Å². The molecule has 0 aliphatic carbocycles. The first kappa shape index (κ1) is 28.4. The topological polar surface area (TPSA) is 57.5 Å². The number of hydrogen-bond donors (Lipinski definition) is 2. The fourth-order valence-corrected chi connectivity index (χ4v) is 4.82. The molecule has 0 saturated carbocycles. The molecule has 0 atom stereocenters. The molecule has 0 fully saturated rings. The van der Waals surface area contributed by atoms with Gasteiger partial charge in [-0.25, -0.2) is 0 Å². The zero-order valence-electron chi connectivity index (χ0n) is 21.2. The summed E-state index contributed by atoms with van der Waals surface area (Å²) in [6, 6.07) is 7.15. The molecule has 0 radical (unpaired) electrons. The maximum Gasteiger partial charge on any atom is 0.325 e. The van der Waals surface area contributed by atoms with Crippen LogP contribution < -0.4 is 0 Å². The van der Waals surface area contributed by atoms with Gasteiger partial charge in [-0.15, -0.1) is 0 Å². The average molecular weight is 453 g/mol. The highest BCUT2D eigenvalue weighted by atomic mass is 31.2. The molecular formula is C27H49O3P. The van der Waals surface area contributed by atoms with Gasteiger partial charge < -0.3 is 9.79 Å². The van der Waals surface area contributed by atoms with Crippen LogP contribution >= 0.6 is 7.60 Å². The number of aryl methyl sites for hydroxylation is 1. The molecule has 3 nitrogen and oxygen atoms in total. The molecule has 31 heavy (non-hydrogen) atoms. The molecule has 4 heteroatoms. The minimum Gasteiger partial charge on any atom is -0.324 e. The van der Waals surface area contributed by atoms with Gasteiger partial charge in [-0.1, -0.05) is 118 Å². The van der Waals surface area contributed by atoms with Crippen LogP contribution in [-0.4, -0.2) is 15.9 Å². The Morgan fingerprint density at radius 1 is 0.677 bits per heavy atom. The third-order valence-corrected chi connectivity index (χ3v) is 7.08. The summed E-state index contributed by atoms with van der Waals surface area (Å²) < 4.78 is 10.8. The lowest BCUT2D eigenvalue weighted by Gasteiger charge is -2.27. The molecule has 0 aliphatic rings. The highest BCUT2D eigenvalue weighted by Crippen LogP contribution is 2.35. The molecule has 0 bridgehead atoms. The number of unbranched alkanes of at least 4 members (excludes halogenated alkanes) is 10. The molecule has 180 valence electrons. The minimum atomic E-state index is -3.79. The summed E-state index contributed by atoms with van der Waals surface area (Å²) in [5.74, 6) is 0. The molecule has 0 unspecified atom stereocenters. The van der Waals surface area contributed by atoms with Crippen LogP contribution in [0, 0.1) is 0 Å². The lowest BCUT2D eigenvalue weighted by atomic mass is 9.77. The normalized spacial score (nSPS) is 13.0. The van der Waals surface area contributed by atoms with Crippen LogP contribution in [0.5, 0.6) is 0 Å². The van der Waals surface area contributed by atoms with Gasteiger partial charge in [0.2, 0.25) is 0 Å². The first-order valence-electron chi connectivity index (χ1n) is 12.5. The monoisotopic (exact) mass is 452 g/mol. The van der Waals surface area contributed by atoms with Gasteiger partial charge in [0.05, 0.1) is 0 Å². The zero-order chi connectivity index (χ0) is 23.5. The molecule has 2 N–H and O–H groups in total. The van der Waals surface area contributed by atoms with Crippen molar-refractivity contribution in [2.45, 2.75) is 129 Å². The van der Waals surface area contributed by atoms with Gasteiger partial charge in [0.1, 0.15) is 0 Å². The minimum absolute atomic E-state index is 0.0466. The molecule has 0 heterocycles. The average Bonchev–Trinajstić information content (AvgIpc) is 2.63. The Bertz CT molecular complexity index is 677. The van der Waals surface area contributed by atoms with Crippen molar-refractivity contribution >= 4 is 7.60 Å². The molecule has 1 aromatic carbocycles. The Labute approximate surface area is 192 Å². The van der Waals surface area contributed by atoms with Crippen molar-refractivity contribution in [2.24, 2.45) is 0 Å². The van der Waals surface area contributed by atoms with Crippen molar-refractivity contribution in [3.63, 3.8) is 0 Å². The van der Waals surface area contributed by atoms with Crippen molar-refractivity contribution in [2.75, 3.05) is 6.16 Å². The van der Waals surface area contributed by atoms with Crippen molar-refractivity contribution < 1.29 is 14.4 Å². The Kier molecular flexibility index (Phi) is 12.1. The lowest BCUT2D eigenvalue weighted by Crippen LogP contribution is -2.18. The summed E-state index contributed by atoms with van der Waals surface area (Å²) in [6.45, 7) is 13.9. The maximum absolute atomic E-state index is 10.8. The summed E-state index contributed by atoms with van der Waals surface area (Å²) in [5.41, 5.74) is 4.86. The summed E-state index contributed by atoms with van der Waals surface area (Å²) in [6.07, 6.45) is 14.2. The molecule has 0 spiro atoms. The molecular weight excluding hydrogens is 403 g/mol. The van der Waals surface area contributed by atoms with Crippen LogP contribution in [0.2, 0.25) is 0 Å². The van der Waals surface area contributed by atoms with Gasteiger partial charge >= 0.3 is 7.60 Å². The lowest BCUT2D eigenvalue weighted by molar-refractivity contribution is 0.370. The van der Waals surface area contributed by atoms with Crippen LogP contribution in [0.25, 0.3) is 0 Å². The largest absolute Gasteiger partial charge is 0.325 e. The maximum atomic E-state index is 10.8. The summed E-state index contributed by atoms with van der Waals surface area (Å²) >= 11 is 0. The Hall–Kier alpha value is -0.630. The molecule has 0 saturated heterocycles. The zero-order valence-corrected chi connectivity index (χ0v) is 22.1. The summed E-state index contributed by atoms with van der Waals surface area (Å²) in [7, 11) is -3.79. The van der Waals surface area contributed by atoms with Crippen LogP contribution in [-0.2, 0) is 21.8 Å². The predicted molar refractivity (Wildman–Crippen MR) is 135 cm³/mol. The van der Waals surface area contributed by atoms with Gasteiger partial charge in [-0.2, -0.15) is 0 Å². The molecule has 0 aromatic heterocycles. The van der Waals surface area contributed by atoms with E-state index < -0.39 is 7.60 Å². The van der Waals surface area contributed by atoms with E-state index in [-0.39, 0.29) is 17.0 Å². The third kappa shape index (κ3) is 12.9. The first-order chi connectivity index (χ1) is 14.3. The van der Waals surface area contributed by atoms with E-state index in [1.807, 2.05) is 0 Å². The van der Waals surface area contributed by atoms with Crippen LogP contribution in [0.3, 0.4) is 0 Å². The SMILES string of the molecule is CC(C)(C)c1ccc(CCCCCCCCCCCCCP(=O)(O)O)c(C(C)(C)C)c1. The second-order valence-corrected chi connectivity index (χ2v) is 13.2. The highest BCUT2D eigenvalue weighted by molar-refractivity contribution is 7.51. The predicted octanol–water partition coefficient (Wildman–Crippen LogP) is 8.29. The fraction of sp³-hybridized carbons (Fsp3) is 0.778. The molecule has 0 amide bonds. The highest BCUT2D eigenvalue weighted by Gasteiger charge is 2.21.